The first-order chi connectivity index (χ1) is 14.6. The van der Waals surface area contributed by atoms with Crippen molar-refractivity contribution in [3.63, 3.8) is 0 Å². The van der Waals surface area contributed by atoms with Crippen molar-refractivity contribution in [1.29, 1.82) is 0 Å². The fourth-order valence-corrected chi connectivity index (χ4v) is 4.78. The first-order valence-corrected chi connectivity index (χ1v) is 10.6. The Kier molecular flexibility index (Phi) is 4.71. The Morgan fingerprint density at radius 2 is 2.17 bits per heavy atom. The fourth-order valence-electron chi connectivity index (χ4n) is 3.91. The van der Waals surface area contributed by atoms with Crippen molar-refractivity contribution in [3.05, 3.63) is 60.0 Å². The van der Waals surface area contributed by atoms with Crippen LogP contribution in [-0.2, 0) is 16.0 Å². The van der Waals surface area contributed by atoms with Crippen LogP contribution in [0.1, 0.15) is 12.0 Å². The van der Waals surface area contributed by atoms with E-state index in [1.165, 1.54) is 23.5 Å². The predicted molar refractivity (Wildman–Crippen MR) is 115 cm³/mol. The van der Waals surface area contributed by atoms with E-state index in [1.807, 2.05) is 30.5 Å². The molecule has 30 heavy (non-hydrogen) atoms. The van der Waals surface area contributed by atoms with Crippen LogP contribution in [0.15, 0.2) is 48.7 Å². The van der Waals surface area contributed by atoms with Crippen molar-refractivity contribution in [2.24, 2.45) is 5.92 Å². The molecule has 4 aromatic rings. The Morgan fingerprint density at radius 1 is 1.30 bits per heavy atom. The van der Waals surface area contributed by atoms with E-state index in [0.717, 1.165) is 26.7 Å². The Bertz CT molecular complexity index is 1230. The highest BCUT2D eigenvalue weighted by Crippen LogP contribution is 2.27. The van der Waals surface area contributed by atoms with Crippen molar-refractivity contribution >= 4 is 49.4 Å². The van der Waals surface area contributed by atoms with Crippen LogP contribution in [-0.4, -0.2) is 39.8 Å². The monoisotopic (exact) mass is 422 g/mol. The van der Waals surface area contributed by atoms with E-state index in [4.69, 9.17) is 0 Å². The van der Waals surface area contributed by atoms with Gasteiger partial charge in [-0.2, -0.15) is 0 Å². The molecule has 8 heteroatoms. The molecule has 5 rings (SSSR count). The van der Waals surface area contributed by atoms with Gasteiger partial charge < -0.3 is 15.2 Å². The van der Waals surface area contributed by atoms with Gasteiger partial charge in [0.1, 0.15) is 5.82 Å². The lowest BCUT2D eigenvalue weighted by atomic mass is 10.1. The third-order valence-corrected chi connectivity index (χ3v) is 6.44. The Balaban J connectivity index is 1.22. The first kappa shape index (κ1) is 18.7. The first-order valence-electron chi connectivity index (χ1n) is 9.76. The number of benzene rings is 2. The average Bonchev–Trinajstić information content (AvgIpc) is 3.42. The number of likely N-dealkylation sites (tertiary alicyclic amines) is 1. The van der Waals surface area contributed by atoms with Gasteiger partial charge in [-0.25, -0.2) is 9.37 Å². The smallest absolute Gasteiger partial charge is 0.231 e. The number of aromatic amines is 1. The van der Waals surface area contributed by atoms with Gasteiger partial charge in [-0.05, 0) is 42.3 Å². The maximum absolute atomic E-state index is 13.6. The SMILES string of the molecule is O=C(Nc1nc2ccccc2s1)[C@@H]1CC(=O)N(CCc2c[nH]c3ccc(F)cc23)C1. The number of hydrogen-bond acceptors (Lipinski definition) is 4. The molecule has 1 aliphatic rings. The number of anilines is 1. The van der Waals surface area contributed by atoms with Crippen LogP contribution < -0.4 is 5.32 Å². The molecule has 0 bridgehead atoms. The lowest BCUT2D eigenvalue weighted by Gasteiger charge is -2.16. The van der Waals surface area contributed by atoms with Crippen LogP contribution in [0.2, 0.25) is 0 Å². The van der Waals surface area contributed by atoms with Gasteiger partial charge >= 0.3 is 0 Å². The number of nitrogens with zero attached hydrogens (tertiary/aromatic N) is 2. The summed E-state index contributed by atoms with van der Waals surface area (Å²) in [5, 5.41) is 4.23. The third-order valence-electron chi connectivity index (χ3n) is 5.49. The van der Waals surface area contributed by atoms with Gasteiger partial charge in [0.25, 0.3) is 0 Å². The van der Waals surface area contributed by atoms with Crippen molar-refractivity contribution < 1.29 is 14.0 Å². The number of nitrogens with one attached hydrogen (secondary N) is 2. The maximum atomic E-state index is 13.6. The van der Waals surface area contributed by atoms with Gasteiger partial charge in [0.15, 0.2) is 5.13 Å². The van der Waals surface area contributed by atoms with E-state index in [9.17, 15) is 14.0 Å². The summed E-state index contributed by atoms with van der Waals surface area (Å²) in [5.41, 5.74) is 2.67. The number of carbonyl (C=O) groups excluding carboxylic acids is 2. The number of para-hydroxylation sites is 1. The van der Waals surface area contributed by atoms with Crippen molar-refractivity contribution in [1.82, 2.24) is 14.9 Å². The minimum atomic E-state index is -0.398. The summed E-state index contributed by atoms with van der Waals surface area (Å²) in [6, 6.07) is 12.3. The Morgan fingerprint density at radius 3 is 3.03 bits per heavy atom. The van der Waals surface area contributed by atoms with Crippen LogP contribution in [0.4, 0.5) is 9.52 Å². The zero-order valence-corrected chi connectivity index (χ0v) is 16.8. The molecule has 2 aromatic heterocycles. The van der Waals surface area contributed by atoms with E-state index in [-0.39, 0.29) is 24.1 Å². The van der Waals surface area contributed by atoms with Crippen LogP contribution >= 0.6 is 11.3 Å². The average molecular weight is 422 g/mol. The standard InChI is InChI=1S/C22H19FN4O2S/c23-15-5-6-17-16(10-15)13(11-24-17)7-8-27-12-14(9-20(27)28)21(29)26-22-25-18-3-1-2-4-19(18)30-22/h1-6,10-11,14,24H,7-9,12H2,(H,25,26,29)/t14-/m1/s1. The predicted octanol–water partition coefficient (Wildman–Crippen LogP) is 3.95. The summed E-state index contributed by atoms with van der Waals surface area (Å²) >= 11 is 1.42. The van der Waals surface area contributed by atoms with Gasteiger partial charge in [-0.3, -0.25) is 9.59 Å². The molecule has 6 nitrogen and oxygen atoms in total. The Hall–Kier alpha value is -3.26. The lowest BCUT2D eigenvalue weighted by molar-refractivity contribution is -0.128. The molecule has 1 saturated heterocycles. The zero-order chi connectivity index (χ0) is 20.7. The van der Waals surface area contributed by atoms with Gasteiger partial charge in [-0.1, -0.05) is 23.5 Å². The number of fused-ring (bicyclic) bond motifs is 2. The number of carbonyl (C=O) groups is 2. The molecule has 0 spiro atoms. The van der Waals surface area contributed by atoms with Crippen LogP contribution in [0.3, 0.4) is 0 Å². The van der Waals surface area contributed by atoms with Crippen molar-refractivity contribution in [2.75, 3.05) is 18.4 Å². The number of rotatable bonds is 5. The van der Waals surface area contributed by atoms with E-state index in [2.05, 4.69) is 15.3 Å². The number of amides is 2. The van der Waals surface area contributed by atoms with Gasteiger partial charge in [0.2, 0.25) is 11.8 Å². The summed E-state index contributed by atoms with van der Waals surface area (Å²) < 4.78 is 14.6. The molecular formula is C22H19FN4O2S. The van der Waals surface area contributed by atoms with Gasteiger partial charge in [0, 0.05) is 36.6 Å². The number of H-pyrrole nitrogens is 1. The van der Waals surface area contributed by atoms with Crippen molar-refractivity contribution in [3.8, 4) is 0 Å². The van der Waals surface area contributed by atoms with E-state index in [1.54, 1.807) is 11.0 Å². The zero-order valence-electron chi connectivity index (χ0n) is 16.0. The number of hydrogen-bond donors (Lipinski definition) is 2. The molecule has 2 N–H and O–H groups in total. The molecule has 0 saturated carbocycles. The molecule has 3 heterocycles. The largest absolute Gasteiger partial charge is 0.361 e. The van der Waals surface area contributed by atoms with Crippen LogP contribution in [0.5, 0.6) is 0 Å². The third kappa shape index (κ3) is 3.54. The van der Waals surface area contributed by atoms with Gasteiger partial charge in [0.05, 0.1) is 16.1 Å². The second-order valence-corrected chi connectivity index (χ2v) is 8.50. The number of halogens is 1. The van der Waals surface area contributed by atoms with Crippen molar-refractivity contribution in [2.45, 2.75) is 12.8 Å². The Labute approximate surface area is 175 Å². The summed E-state index contributed by atoms with van der Waals surface area (Å²) in [4.78, 5) is 34.3. The molecule has 0 aliphatic carbocycles. The molecular weight excluding hydrogens is 403 g/mol. The quantitative estimate of drug-likeness (QED) is 0.511. The highest BCUT2D eigenvalue weighted by atomic mass is 32.1. The van der Waals surface area contributed by atoms with E-state index in [0.29, 0.717) is 24.6 Å². The second kappa shape index (κ2) is 7.53. The minimum absolute atomic E-state index is 0.0366. The minimum Gasteiger partial charge on any atom is -0.361 e. The second-order valence-electron chi connectivity index (χ2n) is 7.47. The molecule has 2 aromatic carbocycles. The molecule has 2 amide bonds. The summed E-state index contributed by atoms with van der Waals surface area (Å²) in [6.45, 7) is 0.874. The van der Waals surface area contributed by atoms with Gasteiger partial charge in [-0.15, -0.1) is 0 Å². The molecule has 1 atom stereocenters. The summed E-state index contributed by atoms with van der Waals surface area (Å²) in [6.07, 6.45) is 2.64. The molecule has 0 radical (unpaired) electrons. The summed E-state index contributed by atoms with van der Waals surface area (Å²) in [5.74, 6) is -0.901. The topological polar surface area (TPSA) is 78.1 Å². The highest BCUT2D eigenvalue weighted by Gasteiger charge is 2.34. The lowest BCUT2D eigenvalue weighted by Crippen LogP contribution is -2.29. The molecule has 1 fully saturated rings. The summed E-state index contributed by atoms with van der Waals surface area (Å²) in [7, 11) is 0. The number of aromatic nitrogens is 2. The normalized spacial score (nSPS) is 16.6. The number of thiazole rings is 1. The van der Waals surface area contributed by atoms with E-state index >= 15 is 0 Å². The van der Waals surface area contributed by atoms with Crippen LogP contribution in [0, 0.1) is 11.7 Å². The molecule has 1 aliphatic heterocycles. The van der Waals surface area contributed by atoms with E-state index < -0.39 is 5.92 Å². The van der Waals surface area contributed by atoms with Crippen LogP contribution in [0.25, 0.3) is 21.1 Å². The molecule has 152 valence electrons. The maximum Gasteiger partial charge on any atom is 0.231 e. The molecule has 0 unspecified atom stereocenters. The highest BCUT2D eigenvalue weighted by molar-refractivity contribution is 7.22. The fraction of sp³-hybridized carbons (Fsp3) is 0.227.